The van der Waals surface area contributed by atoms with Crippen molar-refractivity contribution in [3.8, 4) is 5.75 Å². The summed E-state index contributed by atoms with van der Waals surface area (Å²) in [7, 11) is 0. The second-order valence-corrected chi connectivity index (χ2v) is 5.94. The van der Waals surface area contributed by atoms with Gasteiger partial charge in [0.05, 0.1) is 5.56 Å². The van der Waals surface area contributed by atoms with Gasteiger partial charge in [0.25, 0.3) is 11.8 Å². The number of primary amides is 1. The van der Waals surface area contributed by atoms with Gasteiger partial charge in [-0.3, -0.25) is 9.59 Å². The molecule has 0 aromatic heterocycles. The van der Waals surface area contributed by atoms with Crippen molar-refractivity contribution in [2.75, 3.05) is 13.1 Å². The number of carbonyl (C=O) groups excluding carboxylic acids is 2. The Morgan fingerprint density at radius 1 is 1.23 bits per heavy atom. The molecule has 1 atom stereocenters. The first-order valence-corrected chi connectivity index (χ1v) is 7.91. The van der Waals surface area contributed by atoms with E-state index in [1.165, 1.54) is 6.07 Å². The topological polar surface area (TPSA) is 72.6 Å². The summed E-state index contributed by atoms with van der Waals surface area (Å²) >= 11 is 5.86. The molecule has 1 aromatic rings. The number of ether oxygens (including phenoxy) is 1. The number of benzene rings is 1. The molecule has 1 aromatic carbocycles. The average Bonchev–Trinajstić information content (AvgIpc) is 2.77. The minimum atomic E-state index is -0.669. The SMILES string of the molecule is CC(Oc1ccc(Cl)cc1C(N)=O)C(=O)N1CCCCCC1. The summed E-state index contributed by atoms with van der Waals surface area (Å²) in [6, 6.07) is 4.61. The Bertz CT molecular complexity index is 554. The normalized spacial score (nSPS) is 16.7. The number of hydrogen-bond donors (Lipinski definition) is 1. The van der Waals surface area contributed by atoms with Gasteiger partial charge in [-0.25, -0.2) is 0 Å². The Balaban J connectivity index is 2.09. The highest BCUT2D eigenvalue weighted by Gasteiger charge is 2.24. The maximum atomic E-state index is 12.5. The molecule has 1 heterocycles. The van der Waals surface area contributed by atoms with Crippen LogP contribution in [0.25, 0.3) is 0 Å². The van der Waals surface area contributed by atoms with Gasteiger partial charge in [-0.15, -0.1) is 0 Å². The van der Waals surface area contributed by atoms with E-state index in [1.807, 2.05) is 4.90 Å². The summed E-state index contributed by atoms with van der Waals surface area (Å²) < 4.78 is 5.67. The van der Waals surface area contributed by atoms with E-state index in [9.17, 15) is 9.59 Å². The van der Waals surface area contributed by atoms with Crippen LogP contribution in [0.15, 0.2) is 18.2 Å². The van der Waals surface area contributed by atoms with Gasteiger partial charge >= 0.3 is 0 Å². The zero-order chi connectivity index (χ0) is 16.1. The van der Waals surface area contributed by atoms with E-state index >= 15 is 0 Å². The Hall–Kier alpha value is -1.75. The molecular weight excluding hydrogens is 304 g/mol. The van der Waals surface area contributed by atoms with Gasteiger partial charge in [-0.2, -0.15) is 0 Å². The molecule has 1 saturated heterocycles. The first kappa shape index (κ1) is 16.6. The first-order valence-electron chi connectivity index (χ1n) is 7.54. The van der Waals surface area contributed by atoms with Gasteiger partial charge in [-0.05, 0) is 38.0 Å². The van der Waals surface area contributed by atoms with Crippen LogP contribution >= 0.6 is 11.6 Å². The molecular formula is C16H21ClN2O3. The van der Waals surface area contributed by atoms with Crippen LogP contribution in [0.5, 0.6) is 5.75 Å². The predicted molar refractivity (Wildman–Crippen MR) is 85.1 cm³/mol. The van der Waals surface area contributed by atoms with E-state index in [0.717, 1.165) is 38.8 Å². The number of hydrogen-bond acceptors (Lipinski definition) is 3. The Kier molecular flexibility index (Phi) is 5.66. The maximum absolute atomic E-state index is 12.5. The van der Waals surface area contributed by atoms with Gasteiger partial charge in [0.2, 0.25) is 0 Å². The second kappa shape index (κ2) is 7.49. The summed E-state index contributed by atoms with van der Waals surface area (Å²) in [6.07, 6.45) is 3.68. The third kappa shape index (κ3) is 4.13. The van der Waals surface area contributed by atoms with Crippen LogP contribution < -0.4 is 10.5 Å². The monoisotopic (exact) mass is 324 g/mol. The Morgan fingerprint density at radius 2 is 1.86 bits per heavy atom. The highest BCUT2D eigenvalue weighted by Crippen LogP contribution is 2.24. The average molecular weight is 325 g/mol. The highest BCUT2D eigenvalue weighted by atomic mass is 35.5. The van der Waals surface area contributed by atoms with Crippen LogP contribution in [0, 0.1) is 0 Å². The molecule has 0 spiro atoms. The molecule has 1 fully saturated rings. The molecule has 1 unspecified atom stereocenters. The molecule has 5 nitrogen and oxygen atoms in total. The molecule has 1 aliphatic rings. The van der Waals surface area contributed by atoms with Crippen LogP contribution in [0.3, 0.4) is 0 Å². The fourth-order valence-corrected chi connectivity index (χ4v) is 2.76. The van der Waals surface area contributed by atoms with Gasteiger partial charge in [-0.1, -0.05) is 24.4 Å². The summed E-state index contributed by atoms with van der Waals surface area (Å²) in [5.41, 5.74) is 5.51. The lowest BCUT2D eigenvalue weighted by atomic mass is 10.2. The van der Waals surface area contributed by atoms with E-state index in [-0.39, 0.29) is 17.2 Å². The van der Waals surface area contributed by atoms with E-state index in [4.69, 9.17) is 22.1 Å². The van der Waals surface area contributed by atoms with Gasteiger partial charge < -0.3 is 15.4 Å². The lowest BCUT2D eigenvalue weighted by Crippen LogP contribution is -2.41. The van der Waals surface area contributed by atoms with Crippen molar-refractivity contribution in [1.29, 1.82) is 0 Å². The maximum Gasteiger partial charge on any atom is 0.263 e. The Morgan fingerprint density at radius 3 is 2.45 bits per heavy atom. The van der Waals surface area contributed by atoms with Crippen molar-refractivity contribution >= 4 is 23.4 Å². The largest absolute Gasteiger partial charge is 0.480 e. The van der Waals surface area contributed by atoms with Crippen LogP contribution in [-0.4, -0.2) is 35.9 Å². The molecule has 0 aliphatic carbocycles. The lowest BCUT2D eigenvalue weighted by Gasteiger charge is -2.25. The number of nitrogens with zero attached hydrogens (tertiary/aromatic N) is 1. The molecule has 22 heavy (non-hydrogen) atoms. The minimum absolute atomic E-state index is 0.0627. The molecule has 2 N–H and O–H groups in total. The summed E-state index contributed by atoms with van der Waals surface area (Å²) in [5.74, 6) is -0.410. The number of amides is 2. The molecule has 0 radical (unpaired) electrons. The third-order valence-electron chi connectivity index (χ3n) is 3.78. The van der Waals surface area contributed by atoms with Crippen molar-refractivity contribution in [2.45, 2.75) is 38.7 Å². The number of nitrogens with two attached hydrogens (primary N) is 1. The summed E-state index contributed by atoms with van der Waals surface area (Å²) in [5, 5.41) is 0.396. The molecule has 120 valence electrons. The highest BCUT2D eigenvalue weighted by molar-refractivity contribution is 6.31. The van der Waals surface area contributed by atoms with Gasteiger partial charge in [0.1, 0.15) is 5.75 Å². The zero-order valence-electron chi connectivity index (χ0n) is 12.7. The van der Waals surface area contributed by atoms with Crippen LogP contribution in [-0.2, 0) is 4.79 Å². The minimum Gasteiger partial charge on any atom is -0.480 e. The number of halogens is 1. The van der Waals surface area contributed by atoms with Crippen molar-refractivity contribution in [2.24, 2.45) is 5.73 Å². The van der Waals surface area contributed by atoms with E-state index < -0.39 is 12.0 Å². The van der Waals surface area contributed by atoms with E-state index in [2.05, 4.69) is 0 Å². The molecule has 2 rings (SSSR count). The van der Waals surface area contributed by atoms with Gasteiger partial charge in [0, 0.05) is 18.1 Å². The van der Waals surface area contributed by atoms with Crippen molar-refractivity contribution < 1.29 is 14.3 Å². The Labute approximate surface area is 135 Å². The van der Waals surface area contributed by atoms with Crippen molar-refractivity contribution in [3.63, 3.8) is 0 Å². The van der Waals surface area contributed by atoms with Crippen molar-refractivity contribution in [1.82, 2.24) is 4.90 Å². The molecule has 0 bridgehead atoms. The quantitative estimate of drug-likeness (QED) is 0.925. The van der Waals surface area contributed by atoms with Crippen molar-refractivity contribution in [3.05, 3.63) is 28.8 Å². The van der Waals surface area contributed by atoms with Gasteiger partial charge in [0.15, 0.2) is 6.10 Å². The predicted octanol–water partition coefficient (Wildman–Crippen LogP) is 2.61. The summed E-state index contributed by atoms with van der Waals surface area (Å²) in [4.78, 5) is 25.8. The molecule has 6 heteroatoms. The number of rotatable bonds is 4. The van der Waals surface area contributed by atoms with Crippen LogP contribution in [0.4, 0.5) is 0 Å². The molecule has 2 amide bonds. The standard InChI is InChI=1S/C16H21ClN2O3/c1-11(16(21)19-8-4-2-3-5-9-19)22-14-7-6-12(17)10-13(14)15(18)20/h6-7,10-11H,2-5,8-9H2,1H3,(H2,18,20). The fourth-order valence-electron chi connectivity index (χ4n) is 2.59. The molecule has 0 saturated carbocycles. The van der Waals surface area contributed by atoms with E-state index in [0.29, 0.717) is 5.02 Å². The summed E-state index contributed by atoms with van der Waals surface area (Å²) in [6.45, 7) is 3.21. The van der Waals surface area contributed by atoms with Crippen LogP contribution in [0.1, 0.15) is 43.0 Å². The lowest BCUT2D eigenvalue weighted by molar-refractivity contribution is -0.137. The third-order valence-corrected chi connectivity index (χ3v) is 4.01. The van der Waals surface area contributed by atoms with Crippen LogP contribution in [0.2, 0.25) is 5.02 Å². The second-order valence-electron chi connectivity index (χ2n) is 5.50. The zero-order valence-corrected chi connectivity index (χ0v) is 13.4. The number of carbonyl (C=O) groups is 2. The molecule has 1 aliphatic heterocycles. The first-order chi connectivity index (χ1) is 10.5. The van der Waals surface area contributed by atoms with E-state index in [1.54, 1.807) is 19.1 Å². The fraction of sp³-hybridized carbons (Fsp3) is 0.500. The number of likely N-dealkylation sites (tertiary alicyclic amines) is 1. The smallest absolute Gasteiger partial charge is 0.263 e.